The first-order valence-electron chi connectivity index (χ1n) is 4.78. The van der Waals surface area contributed by atoms with E-state index in [0.29, 0.717) is 0 Å². The summed E-state index contributed by atoms with van der Waals surface area (Å²) in [5.41, 5.74) is 0. The van der Waals surface area contributed by atoms with Crippen molar-refractivity contribution >= 4 is 8.07 Å². The molecule has 0 aliphatic heterocycles. The second-order valence-electron chi connectivity index (χ2n) is 4.94. The Morgan fingerprint density at radius 3 is 2.17 bits per heavy atom. The Morgan fingerprint density at radius 1 is 1.25 bits per heavy atom. The standard InChI is InChI=1S/C9H20O2Si/c1-12(2,3)9(11)7-5-4-6-8(9)10/h8,10-11H,4-7H2,1-3H3. The highest BCUT2D eigenvalue weighted by molar-refractivity contribution is 6.79. The van der Waals surface area contributed by atoms with Gasteiger partial charge < -0.3 is 10.2 Å². The average Bonchev–Trinajstić information content (AvgIpc) is 1.93. The summed E-state index contributed by atoms with van der Waals surface area (Å²) in [4.78, 5) is 0. The van der Waals surface area contributed by atoms with Crippen molar-refractivity contribution in [3.05, 3.63) is 0 Å². The monoisotopic (exact) mass is 188 g/mol. The van der Waals surface area contributed by atoms with Crippen molar-refractivity contribution in [2.75, 3.05) is 0 Å². The lowest BCUT2D eigenvalue weighted by Crippen LogP contribution is -2.61. The highest BCUT2D eigenvalue weighted by atomic mass is 28.3. The van der Waals surface area contributed by atoms with Gasteiger partial charge in [-0.1, -0.05) is 32.5 Å². The molecule has 0 bridgehead atoms. The molecule has 0 aromatic rings. The summed E-state index contributed by atoms with van der Waals surface area (Å²) in [6, 6.07) is 0. The van der Waals surface area contributed by atoms with E-state index in [1.54, 1.807) is 0 Å². The maximum atomic E-state index is 10.3. The van der Waals surface area contributed by atoms with Crippen LogP contribution < -0.4 is 0 Å². The fraction of sp³-hybridized carbons (Fsp3) is 1.00. The molecule has 2 unspecified atom stereocenters. The van der Waals surface area contributed by atoms with Crippen LogP contribution in [0.4, 0.5) is 0 Å². The van der Waals surface area contributed by atoms with Crippen LogP contribution in [0.15, 0.2) is 0 Å². The summed E-state index contributed by atoms with van der Waals surface area (Å²) in [5, 5.41) is 19.3. The molecule has 2 N–H and O–H groups in total. The Balaban J connectivity index is 2.79. The summed E-state index contributed by atoms with van der Waals surface area (Å²) < 4.78 is 0. The van der Waals surface area contributed by atoms with Gasteiger partial charge in [-0.05, 0) is 12.8 Å². The number of aliphatic hydroxyl groups excluding tert-OH is 1. The van der Waals surface area contributed by atoms with Gasteiger partial charge in [-0.2, -0.15) is 0 Å². The van der Waals surface area contributed by atoms with Crippen LogP contribution in [0.25, 0.3) is 0 Å². The number of rotatable bonds is 1. The molecule has 0 aromatic heterocycles. The van der Waals surface area contributed by atoms with Crippen molar-refractivity contribution in [2.45, 2.75) is 56.7 Å². The molecule has 0 radical (unpaired) electrons. The van der Waals surface area contributed by atoms with Gasteiger partial charge in [0.25, 0.3) is 0 Å². The van der Waals surface area contributed by atoms with Crippen molar-refractivity contribution in [2.24, 2.45) is 0 Å². The first-order chi connectivity index (χ1) is 5.38. The number of hydrogen-bond acceptors (Lipinski definition) is 2. The van der Waals surface area contributed by atoms with Gasteiger partial charge in [0.1, 0.15) is 0 Å². The van der Waals surface area contributed by atoms with Crippen LogP contribution in [0.3, 0.4) is 0 Å². The molecule has 1 aliphatic rings. The van der Waals surface area contributed by atoms with Gasteiger partial charge in [-0.15, -0.1) is 0 Å². The Labute approximate surface area is 75.6 Å². The van der Waals surface area contributed by atoms with Gasteiger partial charge >= 0.3 is 0 Å². The molecule has 12 heavy (non-hydrogen) atoms. The van der Waals surface area contributed by atoms with Crippen LogP contribution in [0.2, 0.25) is 19.6 Å². The molecule has 1 aliphatic carbocycles. The zero-order valence-electron chi connectivity index (χ0n) is 8.30. The quantitative estimate of drug-likeness (QED) is 0.613. The zero-order valence-corrected chi connectivity index (χ0v) is 9.30. The summed E-state index contributed by atoms with van der Waals surface area (Å²) in [5.74, 6) is 0. The third kappa shape index (κ3) is 1.58. The molecule has 3 heteroatoms. The van der Waals surface area contributed by atoms with E-state index in [1.165, 1.54) is 0 Å². The van der Waals surface area contributed by atoms with Crippen LogP contribution in [-0.2, 0) is 0 Å². The van der Waals surface area contributed by atoms with Crippen LogP contribution >= 0.6 is 0 Å². The van der Waals surface area contributed by atoms with Gasteiger partial charge in [0.05, 0.1) is 19.4 Å². The fourth-order valence-electron chi connectivity index (χ4n) is 2.01. The maximum absolute atomic E-state index is 10.3. The van der Waals surface area contributed by atoms with Crippen LogP contribution in [0, 0.1) is 0 Å². The largest absolute Gasteiger partial charge is 0.391 e. The van der Waals surface area contributed by atoms with Crippen molar-refractivity contribution in [3.63, 3.8) is 0 Å². The van der Waals surface area contributed by atoms with Gasteiger partial charge in [0, 0.05) is 0 Å². The first-order valence-corrected chi connectivity index (χ1v) is 8.28. The van der Waals surface area contributed by atoms with E-state index in [0.717, 1.165) is 25.7 Å². The fourth-order valence-corrected chi connectivity index (χ4v) is 4.08. The summed E-state index contributed by atoms with van der Waals surface area (Å²) in [6.45, 7) is 6.38. The van der Waals surface area contributed by atoms with Gasteiger partial charge in [0.15, 0.2) is 0 Å². The molecule has 2 nitrogen and oxygen atoms in total. The molecule has 1 fully saturated rings. The van der Waals surface area contributed by atoms with Crippen LogP contribution in [-0.4, -0.2) is 29.6 Å². The SMILES string of the molecule is C[Si](C)(C)C1(O)CCCCC1O. The third-order valence-corrected chi connectivity index (χ3v) is 6.32. The predicted octanol–water partition coefficient (Wildman–Crippen LogP) is 1.53. The summed E-state index contributed by atoms with van der Waals surface area (Å²) in [7, 11) is -1.64. The van der Waals surface area contributed by atoms with E-state index in [2.05, 4.69) is 19.6 Å². The molecule has 0 saturated heterocycles. The summed E-state index contributed by atoms with van der Waals surface area (Å²) >= 11 is 0. The van der Waals surface area contributed by atoms with E-state index in [1.807, 2.05) is 0 Å². The first kappa shape index (κ1) is 10.2. The molecule has 0 heterocycles. The van der Waals surface area contributed by atoms with E-state index < -0.39 is 19.4 Å². The third-order valence-electron chi connectivity index (χ3n) is 3.14. The Kier molecular flexibility index (Phi) is 2.66. The molecule has 0 spiro atoms. The minimum Gasteiger partial charge on any atom is -0.391 e. The van der Waals surface area contributed by atoms with Crippen molar-refractivity contribution in [3.8, 4) is 0 Å². The molecular weight excluding hydrogens is 168 g/mol. The highest BCUT2D eigenvalue weighted by Gasteiger charge is 2.48. The molecule has 1 saturated carbocycles. The lowest BCUT2D eigenvalue weighted by atomic mass is 9.94. The van der Waals surface area contributed by atoms with Gasteiger partial charge in [-0.3, -0.25) is 0 Å². The smallest absolute Gasteiger partial charge is 0.0854 e. The Bertz CT molecular complexity index is 164. The van der Waals surface area contributed by atoms with E-state index in [-0.39, 0.29) is 0 Å². The second-order valence-corrected chi connectivity index (χ2v) is 10.3. The topological polar surface area (TPSA) is 40.5 Å². The van der Waals surface area contributed by atoms with Crippen molar-refractivity contribution in [1.82, 2.24) is 0 Å². The Morgan fingerprint density at radius 2 is 1.83 bits per heavy atom. The maximum Gasteiger partial charge on any atom is 0.0854 e. The minimum atomic E-state index is -1.64. The molecule has 0 amide bonds. The van der Waals surface area contributed by atoms with Gasteiger partial charge in [0.2, 0.25) is 0 Å². The van der Waals surface area contributed by atoms with Crippen molar-refractivity contribution < 1.29 is 10.2 Å². The highest BCUT2D eigenvalue weighted by Crippen LogP contribution is 2.35. The second kappa shape index (κ2) is 3.12. The van der Waals surface area contributed by atoms with E-state index >= 15 is 0 Å². The van der Waals surface area contributed by atoms with E-state index in [4.69, 9.17) is 0 Å². The molecule has 0 aromatic carbocycles. The average molecular weight is 188 g/mol. The van der Waals surface area contributed by atoms with E-state index in [9.17, 15) is 10.2 Å². The zero-order chi connectivity index (χ0) is 9.41. The molecular formula is C9H20O2Si. The van der Waals surface area contributed by atoms with Gasteiger partial charge in [-0.25, -0.2) is 0 Å². The normalized spacial score (nSPS) is 38.2. The molecule has 1 rings (SSSR count). The predicted molar refractivity (Wildman–Crippen MR) is 52.8 cm³/mol. The summed E-state index contributed by atoms with van der Waals surface area (Å²) in [6.07, 6.45) is 3.23. The van der Waals surface area contributed by atoms with Crippen LogP contribution in [0.5, 0.6) is 0 Å². The van der Waals surface area contributed by atoms with Crippen molar-refractivity contribution in [1.29, 1.82) is 0 Å². The Hall–Kier alpha value is 0.137. The molecule has 2 atom stereocenters. The minimum absolute atomic E-state index is 0.474. The lowest BCUT2D eigenvalue weighted by molar-refractivity contribution is -0.0487. The lowest BCUT2D eigenvalue weighted by Gasteiger charge is -2.45. The van der Waals surface area contributed by atoms with Crippen LogP contribution in [0.1, 0.15) is 25.7 Å². The number of hydrogen-bond donors (Lipinski definition) is 2. The molecule has 72 valence electrons. The number of aliphatic hydroxyl groups is 2.